The molecule has 2 rings (SSSR count). The van der Waals surface area contributed by atoms with Gasteiger partial charge >= 0.3 is 0 Å². The molecule has 5 N–H and O–H groups in total. The van der Waals surface area contributed by atoms with Crippen molar-refractivity contribution in [3.63, 3.8) is 0 Å². The fraction of sp³-hybridized carbons (Fsp3) is 0.516. The summed E-state index contributed by atoms with van der Waals surface area (Å²) in [5.74, 6) is 0.877. The lowest BCUT2D eigenvalue weighted by molar-refractivity contribution is -0.134. The second-order valence-electron chi connectivity index (χ2n) is 10.4. The van der Waals surface area contributed by atoms with Crippen molar-refractivity contribution in [2.45, 2.75) is 91.3 Å². The Bertz CT molecular complexity index is 1130. The van der Waals surface area contributed by atoms with Gasteiger partial charge in [-0.2, -0.15) is 0 Å². The van der Waals surface area contributed by atoms with E-state index in [1.807, 2.05) is 41.5 Å². The number of unbranched alkanes of at least 4 members (excludes halogenated alkanes) is 2. The topological polar surface area (TPSA) is 141 Å². The van der Waals surface area contributed by atoms with Gasteiger partial charge in [0.25, 0.3) is 11.8 Å². The maximum Gasteiger partial charge on any atom is 0.261 e. The molecule has 2 aromatic carbocycles. The highest BCUT2D eigenvalue weighted by Crippen LogP contribution is 2.33. The van der Waals surface area contributed by atoms with Crippen molar-refractivity contribution in [1.82, 2.24) is 4.90 Å². The Kier molecular flexibility index (Phi) is 14.5. The van der Waals surface area contributed by atoms with Gasteiger partial charge in [0.2, 0.25) is 0 Å². The molecule has 0 aromatic heterocycles. The van der Waals surface area contributed by atoms with Gasteiger partial charge < -0.3 is 30.6 Å². The minimum Gasteiger partial charge on any atom is -0.494 e. The third-order valence-electron chi connectivity index (χ3n) is 6.92. The van der Waals surface area contributed by atoms with Crippen LogP contribution in [0.15, 0.2) is 42.5 Å². The first kappa shape index (κ1) is 35.6. The number of carbonyl (C=O) groups excluding carboxylic acids is 2. The van der Waals surface area contributed by atoms with Gasteiger partial charge in [-0.25, -0.2) is 0 Å². The Hall–Kier alpha value is -3.46. The van der Waals surface area contributed by atoms with Gasteiger partial charge in [0.15, 0.2) is 5.60 Å². The van der Waals surface area contributed by atoms with E-state index in [1.54, 1.807) is 47.4 Å². The molecule has 2 amide bonds. The van der Waals surface area contributed by atoms with E-state index in [2.05, 4.69) is 0 Å². The van der Waals surface area contributed by atoms with Crippen LogP contribution in [0.2, 0.25) is 0 Å². The number of hydrogen-bond acceptors (Lipinski definition) is 6. The quantitative estimate of drug-likeness (QED) is 0.122. The molecule has 0 radical (unpaired) electrons. The number of ether oxygens (including phenoxy) is 3. The van der Waals surface area contributed by atoms with Crippen LogP contribution in [-0.4, -0.2) is 53.4 Å². The maximum atomic E-state index is 13.6. The number of rotatable bonds is 17. The van der Waals surface area contributed by atoms with Crippen molar-refractivity contribution in [2.24, 2.45) is 11.5 Å². The molecule has 0 aliphatic heterocycles. The van der Waals surface area contributed by atoms with E-state index in [-0.39, 0.29) is 36.2 Å². The molecule has 0 spiro atoms. The van der Waals surface area contributed by atoms with Gasteiger partial charge in [-0.05, 0) is 96.2 Å². The number of benzene rings is 2. The molecule has 41 heavy (non-hydrogen) atoms. The Morgan fingerprint density at radius 2 is 1.37 bits per heavy atom. The van der Waals surface area contributed by atoms with E-state index in [0.29, 0.717) is 48.7 Å². The molecule has 2 aromatic rings. The Morgan fingerprint density at radius 1 is 0.854 bits per heavy atom. The van der Waals surface area contributed by atoms with Crippen LogP contribution in [0.3, 0.4) is 0 Å². The highest BCUT2D eigenvalue weighted by atomic mass is 35.5. The summed E-state index contributed by atoms with van der Waals surface area (Å²) in [6.07, 6.45) is 3.32. The van der Waals surface area contributed by atoms with Crippen molar-refractivity contribution in [3.05, 3.63) is 53.6 Å². The predicted octanol–water partition coefficient (Wildman–Crippen LogP) is 5.70. The normalized spacial score (nSPS) is 11.1. The number of carbonyl (C=O) groups is 2. The van der Waals surface area contributed by atoms with Gasteiger partial charge in [0, 0.05) is 23.7 Å². The highest BCUT2D eigenvalue weighted by molar-refractivity contribution is 5.98. The summed E-state index contributed by atoms with van der Waals surface area (Å²) >= 11 is 0. The first-order chi connectivity index (χ1) is 19.0. The fourth-order valence-electron chi connectivity index (χ4n) is 4.55. The monoisotopic (exact) mass is 590 g/mol. The summed E-state index contributed by atoms with van der Waals surface area (Å²) in [6.45, 7) is 12.6. The molecule has 0 saturated carbocycles. The van der Waals surface area contributed by atoms with Gasteiger partial charge in [-0.1, -0.05) is 13.8 Å². The number of hydrogen-bond donors (Lipinski definition) is 3. The minimum atomic E-state index is -1.22. The third kappa shape index (κ3) is 9.85. The number of primary amides is 1. The second kappa shape index (κ2) is 16.7. The van der Waals surface area contributed by atoms with Gasteiger partial charge in [-0.3, -0.25) is 15.0 Å². The Balaban J connectivity index is 0.00000840. The lowest BCUT2D eigenvalue weighted by Gasteiger charge is -2.33. The second-order valence-corrected chi connectivity index (χ2v) is 10.4. The molecule has 10 heteroatoms. The zero-order valence-electron chi connectivity index (χ0n) is 25.2. The largest absolute Gasteiger partial charge is 0.494 e. The van der Waals surface area contributed by atoms with Gasteiger partial charge in [0.1, 0.15) is 23.1 Å². The Labute approximate surface area is 250 Å². The maximum absolute atomic E-state index is 13.6. The zero-order chi connectivity index (χ0) is 29.9. The zero-order valence-corrected chi connectivity index (χ0v) is 26.0. The number of amides is 2. The van der Waals surface area contributed by atoms with E-state index >= 15 is 0 Å². The summed E-state index contributed by atoms with van der Waals surface area (Å²) in [5.41, 5.74) is 11.0. The minimum absolute atomic E-state index is 0. The molecule has 0 unspecified atom stereocenters. The summed E-state index contributed by atoms with van der Waals surface area (Å²) < 4.78 is 18.0. The molecule has 228 valence electrons. The van der Waals surface area contributed by atoms with Crippen LogP contribution in [0, 0.1) is 5.41 Å². The molecule has 0 atom stereocenters. The molecular weight excluding hydrogens is 544 g/mol. The van der Waals surface area contributed by atoms with Crippen LogP contribution in [0.4, 0.5) is 0 Å². The molecule has 0 heterocycles. The van der Waals surface area contributed by atoms with Crippen LogP contribution in [0.25, 0.3) is 0 Å². The van der Waals surface area contributed by atoms with E-state index in [0.717, 1.165) is 25.0 Å². The lowest BCUT2D eigenvalue weighted by atomic mass is 9.96. The molecule has 0 fully saturated rings. The van der Waals surface area contributed by atoms with E-state index in [1.165, 1.54) is 0 Å². The summed E-state index contributed by atoms with van der Waals surface area (Å²) in [7, 11) is 0. The number of nitrogen functional groups attached to an aromatic ring is 1. The lowest BCUT2D eigenvalue weighted by Crippen LogP contribution is -2.48. The van der Waals surface area contributed by atoms with Gasteiger partial charge in [0.05, 0.1) is 18.8 Å². The average molecular weight is 591 g/mol. The summed E-state index contributed by atoms with van der Waals surface area (Å²) in [4.78, 5) is 27.7. The number of nitrogens with one attached hydrogen (secondary N) is 1. The molecule has 0 aliphatic carbocycles. The van der Waals surface area contributed by atoms with E-state index in [4.69, 9.17) is 31.1 Å². The van der Waals surface area contributed by atoms with Crippen molar-refractivity contribution in [3.8, 4) is 17.2 Å². The van der Waals surface area contributed by atoms with Crippen molar-refractivity contribution >= 4 is 30.1 Å². The Morgan fingerprint density at radius 3 is 1.83 bits per heavy atom. The average Bonchev–Trinajstić information content (AvgIpc) is 2.90. The number of halogens is 1. The highest BCUT2D eigenvalue weighted by Gasteiger charge is 2.37. The standard InChI is InChI=1S/C31H46N4O5.ClH/c1-7-31(8-2,30(34)37)40-27-20-25(16-17-26(27)29(36)35(21(3)4)22(5)6)39-19-11-9-10-18-38-24-14-12-23(13-15-24)28(32)33;/h12-17,20-22H,7-11,18-19H2,1-6H3,(H3,32,33)(H2,34,37);1H. The summed E-state index contributed by atoms with van der Waals surface area (Å²) in [5, 5.41) is 7.44. The van der Waals surface area contributed by atoms with E-state index < -0.39 is 11.5 Å². The van der Waals surface area contributed by atoms with Gasteiger partial charge in [-0.15, -0.1) is 12.4 Å². The van der Waals surface area contributed by atoms with Crippen LogP contribution in [0.1, 0.15) is 89.6 Å². The molecule has 9 nitrogen and oxygen atoms in total. The SMILES string of the molecule is CCC(CC)(Oc1cc(OCCCCCOc2ccc(C(=N)N)cc2)ccc1C(=O)N(C(C)C)C(C)C)C(N)=O.Cl. The molecule has 0 aliphatic rings. The summed E-state index contributed by atoms with van der Waals surface area (Å²) in [6, 6.07) is 12.3. The number of nitrogens with zero attached hydrogens (tertiary/aromatic N) is 1. The fourth-order valence-corrected chi connectivity index (χ4v) is 4.55. The van der Waals surface area contributed by atoms with E-state index in [9.17, 15) is 9.59 Å². The number of nitrogens with two attached hydrogens (primary N) is 2. The van der Waals surface area contributed by atoms with Crippen LogP contribution in [0.5, 0.6) is 17.2 Å². The smallest absolute Gasteiger partial charge is 0.261 e. The van der Waals surface area contributed by atoms with Crippen molar-refractivity contribution < 1.29 is 23.8 Å². The van der Waals surface area contributed by atoms with Crippen LogP contribution < -0.4 is 25.7 Å². The molecular formula is C31H47ClN4O5. The first-order valence-corrected chi connectivity index (χ1v) is 14.1. The third-order valence-corrected chi connectivity index (χ3v) is 6.92. The van der Waals surface area contributed by atoms with Crippen molar-refractivity contribution in [1.29, 1.82) is 5.41 Å². The van der Waals surface area contributed by atoms with Crippen LogP contribution in [-0.2, 0) is 4.79 Å². The van der Waals surface area contributed by atoms with Crippen molar-refractivity contribution in [2.75, 3.05) is 13.2 Å². The number of amidine groups is 1. The first-order valence-electron chi connectivity index (χ1n) is 14.1. The van der Waals surface area contributed by atoms with Crippen LogP contribution >= 0.6 is 12.4 Å². The predicted molar refractivity (Wildman–Crippen MR) is 166 cm³/mol. The molecule has 0 saturated heterocycles. The molecule has 0 bridgehead atoms.